The second kappa shape index (κ2) is 11.4. The number of ether oxygens (including phenoxy) is 1. The zero-order valence-electron chi connectivity index (χ0n) is 19.9. The fraction of sp³-hybridized carbons (Fsp3) is 0.333. The monoisotopic (exact) mass is 482 g/mol. The van der Waals surface area contributed by atoms with Gasteiger partial charge in [-0.1, -0.05) is 50.2 Å². The Hall–Kier alpha value is -3.09. The van der Waals surface area contributed by atoms with E-state index >= 15 is 0 Å². The molecule has 0 aliphatic carbocycles. The lowest BCUT2D eigenvalue weighted by molar-refractivity contribution is -0.140. The molecular formula is C27H31ClN2O4. The molecule has 0 bridgehead atoms. The van der Waals surface area contributed by atoms with Crippen molar-refractivity contribution in [3.63, 3.8) is 0 Å². The SMILES string of the molecule is C=CCOc1ccc(C(O)=C2C(=O)C(=O)N(CCN(CC)CC)[C@@H]2c2ccc(Cl)cc2)c(C)c1. The summed E-state index contributed by atoms with van der Waals surface area (Å²) >= 11 is 6.09. The van der Waals surface area contributed by atoms with Gasteiger partial charge in [-0.25, -0.2) is 0 Å². The van der Waals surface area contributed by atoms with Gasteiger partial charge in [-0.3, -0.25) is 9.59 Å². The van der Waals surface area contributed by atoms with Gasteiger partial charge in [0.2, 0.25) is 0 Å². The van der Waals surface area contributed by atoms with Crippen LogP contribution in [0.25, 0.3) is 5.76 Å². The molecule has 1 amide bonds. The highest BCUT2D eigenvalue weighted by molar-refractivity contribution is 6.46. The molecule has 1 aliphatic rings. The summed E-state index contributed by atoms with van der Waals surface area (Å²) in [7, 11) is 0. The molecule has 34 heavy (non-hydrogen) atoms. The summed E-state index contributed by atoms with van der Waals surface area (Å²) in [5.41, 5.74) is 2.00. The van der Waals surface area contributed by atoms with E-state index in [1.54, 1.807) is 53.4 Å². The quantitative estimate of drug-likeness (QED) is 0.224. The highest BCUT2D eigenvalue weighted by Gasteiger charge is 2.46. The van der Waals surface area contributed by atoms with E-state index in [2.05, 4.69) is 25.3 Å². The molecule has 180 valence electrons. The number of ketones is 1. The van der Waals surface area contributed by atoms with E-state index in [0.29, 0.717) is 41.6 Å². The number of aliphatic hydroxyl groups excluding tert-OH is 1. The van der Waals surface area contributed by atoms with Crippen LogP contribution in [0.1, 0.15) is 36.6 Å². The Morgan fingerprint density at radius 2 is 1.85 bits per heavy atom. The molecule has 1 N–H and O–H groups in total. The molecule has 1 heterocycles. The van der Waals surface area contributed by atoms with Crippen LogP contribution in [0.3, 0.4) is 0 Å². The Morgan fingerprint density at radius 3 is 2.44 bits per heavy atom. The number of likely N-dealkylation sites (N-methyl/N-ethyl adjacent to an activating group) is 1. The van der Waals surface area contributed by atoms with E-state index in [1.165, 1.54) is 0 Å². The molecule has 0 radical (unpaired) electrons. The highest BCUT2D eigenvalue weighted by atomic mass is 35.5. The number of aryl methyl sites for hydroxylation is 1. The van der Waals surface area contributed by atoms with Gasteiger partial charge in [0.1, 0.15) is 18.1 Å². The van der Waals surface area contributed by atoms with Crippen molar-refractivity contribution < 1.29 is 19.4 Å². The maximum absolute atomic E-state index is 13.2. The third-order valence-electron chi connectivity index (χ3n) is 6.10. The number of rotatable bonds is 10. The van der Waals surface area contributed by atoms with E-state index in [4.69, 9.17) is 16.3 Å². The van der Waals surface area contributed by atoms with Gasteiger partial charge in [-0.2, -0.15) is 0 Å². The predicted octanol–water partition coefficient (Wildman–Crippen LogP) is 4.98. The second-order valence-corrected chi connectivity index (χ2v) is 8.58. The zero-order chi connectivity index (χ0) is 24.8. The van der Waals surface area contributed by atoms with Gasteiger partial charge >= 0.3 is 0 Å². The lowest BCUT2D eigenvalue weighted by Crippen LogP contribution is -2.38. The number of halogens is 1. The lowest BCUT2D eigenvalue weighted by atomic mass is 9.94. The molecule has 0 unspecified atom stereocenters. The van der Waals surface area contributed by atoms with E-state index in [0.717, 1.165) is 18.7 Å². The maximum atomic E-state index is 13.2. The summed E-state index contributed by atoms with van der Waals surface area (Å²) < 4.78 is 5.57. The Kier molecular flexibility index (Phi) is 8.53. The smallest absolute Gasteiger partial charge is 0.295 e. The largest absolute Gasteiger partial charge is 0.507 e. The number of Topliss-reactive ketones (excluding diaryl/α,β-unsaturated/α-hetero) is 1. The molecule has 0 spiro atoms. The lowest BCUT2D eigenvalue weighted by Gasteiger charge is -2.28. The van der Waals surface area contributed by atoms with Crippen molar-refractivity contribution in [1.29, 1.82) is 0 Å². The summed E-state index contributed by atoms with van der Waals surface area (Å²) in [6.45, 7) is 12.6. The number of aliphatic hydroxyl groups is 1. The average Bonchev–Trinajstić information content (AvgIpc) is 3.08. The van der Waals surface area contributed by atoms with Crippen molar-refractivity contribution in [1.82, 2.24) is 9.80 Å². The van der Waals surface area contributed by atoms with Crippen LogP contribution in [0, 0.1) is 6.92 Å². The summed E-state index contributed by atoms with van der Waals surface area (Å²) in [6, 6.07) is 11.5. The molecule has 6 nitrogen and oxygen atoms in total. The molecule has 2 aromatic rings. The van der Waals surface area contributed by atoms with Crippen LogP contribution in [0.2, 0.25) is 5.02 Å². The van der Waals surface area contributed by atoms with Crippen molar-refractivity contribution in [2.45, 2.75) is 26.8 Å². The zero-order valence-corrected chi connectivity index (χ0v) is 20.6. The summed E-state index contributed by atoms with van der Waals surface area (Å²) in [4.78, 5) is 30.0. The number of carbonyl (C=O) groups is 2. The summed E-state index contributed by atoms with van der Waals surface area (Å²) in [5, 5.41) is 11.9. The Bertz CT molecular complexity index is 1090. The number of likely N-dealkylation sites (tertiary alicyclic amines) is 1. The first-order valence-corrected chi connectivity index (χ1v) is 11.8. The number of hydrogen-bond acceptors (Lipinski definition) is 5. The molecule has 1 fully saturated rings. The molecule has 7 heteroatoms. The first-order valence-electron chi connectivity index (χ1n) is 11.4. The van der Waals surface area contributed by atoms with Crippen LogP contribution in [-0.2, 0) is 9.59 Å². The minimum Gasteiger partial charge on any atom is -0.507 e. The van der Waals surface area contributed by atoms with Gasteiger partial charge < -0.3 is 19.6 Å². The molecule has 1 aliphatic heterocycles. The fourth-order valence-corrected chi connectivity index (χ4v) is 4.31. The van der Waals surface area contributed by atoms with Gasteiger partial charge in [-0.05, 0) is 61.5 Å². The summed E-state index contributed by atoms with van der Waals surface area (Å²) in [6.07, 6.45) is 1.65. The Morgan fingerprint density at radius 1 is 1.18 bits per heavy atom. The van der Waals surface area contributed by atoms with Crippen LogP contribution in [0.5, 0.6) is 5.75 Å². The van der Waals surface area contributed by atoms with E-state index in [-0.39, 0.29) is 11.3 Å². The second-order valence-electron chi connectivity index (χ2n) is 8.15. The summed E-state index contributed by atoms with van der Waals surface area (Å²) in [5.74, 6) is -0.875. The number of amides is 1. The third-order valence-corrected chi connectivity index (χ3v) is 6.35. The molecule has 1 atom stereocenters. The number of hydrogen-bond donors (Lipinski definition) is 1. The van der Waals surface area contributed by atoms with Gasteiger partial charge in [0, 0.05) is 23.7 Å². The standard InChI is InChI=1S/C27H31ClN2O4/c1-5-16-34-21-12-13-22(18(4)17-21)25(31)23-24(19-8-10-20(28)11-9-19)30(27(33)26(23)32)15-14-29(6-2)7-3/h5,8-13,17,24,31H,1,6-7,14-16H2,2-4H3/t24-/m1/s1. The fourth-order valence-electron chi connectivity index (χ4n) is 4.18. The van der Waals surface area contributed by atoms with Crippen molar-refractivity contribution in [3.05, 3.63) is 82.4 Å². The molecule has 2 aromatic carbocycles. The minimum absolute atomic E-state index is 0.0785. The maximum Gasteiger partial charge on any atom is 0.295 e. The van der Waals surface area contributed by atoms with Gasteiger partial charge in [0.15, 0.2) is 0 Å². The normalized spacial score (nSPS) is 17.4. The van der Waals surface area contributed by atoms with Crippen LogP contribution in [-0.4, -0.2) is 59.4 Å². The van der Waals surface area contributed by atoms with Crippen molar-refractivity contribution in [2.75, 3.05) is 32.8 Å². The van der Waals surface area contributed by atoms with Gasteiger partial charge in [-0.15, -0.1) is 0 Å². The Labute approximate surface area is 206 Å². The number of carbonyl (C=O) groups excluding carboxylic acids is 2. The molecule has 0 aromatic heterocycles. The minimum atomic E-state index is -0.705. The predicted molar refractivity (Wildman–Crippen MR) is 135 cm³/mol. The van der Waals surface area contributed by atoms with E-state index < -0.39 is 17.7 Å². The van der Waals surface area contributed by atoms with Crippen molar-refractivity contribution in [3.8, 4) is 5.75 Å². The van der Waals surface area contributed by atoms with Crippen LogP contribution >= 0.6 is 11.6 Å². The molecule has 3 rings (SSSR count). The van der Waals surface area contributed by atoms with Crippen molar-refractivity contribution >= 4 is 29.1 Å². The molecule has 0 saturated carbocycles. The van der Waals surface area contributed by atoms with E-state index in [1.807, 2.05) is 6.92 Å². The number of benzene rings is 2. The van der Waals surface area contributed by atoms with Gasteiger partial charge in [0.25, 0.3) is 11.7 Å². The topological polar surface area (TPSA) is 70.1 Å². The third kappa shape index (κ3) is 5.34. The highest BCUT2D eigenvalue weighted by Crippen LogP contribution is 2.40. The van der Waals surface area contributed by atoms with Crippen molar-refractivity contribution in [2.24, 2.45) is 0 Å². The van der Waals surface area contributed by atoms with Crippen LogP contribution in [0.15, 0.2) is 60.7 Å². The first kappa shape index (κ1) is 25.5. The number of nitrogens with zero attached hydrogens (tertiary/aromatic N) is 2. The molecular weight excluding hydrogens is 452 g/mol. The van der Waals surface area contributed by atoms with E-state index in [9.17, 15) is 14.7 Å². The Balaban J connectivity index is 2.08. The van der Waals surface area contributed by atoms with Crippen LogP contribution < -0.4 is 4.74 Å². The average molecular weight is 483 g/mol. The van der Waals surface area contributed by atoms with Gasteiger partial charge in [0.05, 0.1) is 11.6 Å². The molecule has 1 saturated heterocycles. The first-order chi connectivity index (χ1) is 16.3. The van der Waals surface area contributed by atoms with Crippen LogP contribution in [0.4, 0.5) is 0 Å².